The largest absolute Gasteiger partial charge is 0.695 e. The van der Waals surface area contributed by atoms with E-state index in [9.17, 15) is 29.0 Å². The number of aromatic amines is 1. The quantitative estimate of drug-likeness (QED) is 0.0703. The van der Waals surface area contributed by atoms with Gasteiger partial charge in [0.25, 0.3) is 5.56 Å². The average molecular weight is 680 g/mol. The Morgan fingerprint density at radius 2 is 1.91 bits per heavy atom. The molecule has 0 amide bonds. The molecule has 1 aliphatic carbocycles. The van der Waals surface area contributed by atoms with Crippen molar-refractivity contribution < 1.29 is 47.4 Å². The van der Waals surface area contributed by atoms with E-state index in [1.165, 1.54) is 17.2 Å². The Kier molecular flexibility index (Phi) is 8.85. The summed E-state index contributed by atoms with van der Waals surface area (Å²) in [5, 5.41) is 21.2. The van der Waals surface area contributed by atoms with Crippen molar-refractivity contribution >= 4 is 61.8 Å². The van der Waals surface area contributed by atoms with E-state index in [0.29, 0.717) is 0 Å². The molecule has 22 nitrogen and oxygen atoms in total. The maximum absolute atomic E-state index is 13.2. The van der Waals surface area contributed by atoms with Gasteiger partial charge in [0.1, 0.15) is 38.0 Å². The second kappa shape index (κ2) is 12.7. The molecule has 0 saturated carbocycles. The number of hydrogen-bond acceptors (Lipinski definition) is 17. The second-order valence-corrected chi connectivity index (χ2v) is 11.2. The minimum atomic E-state index is -5.21. The fourth-order valence-corrected chi connectivity index (χ4v) is 5.15. The number of nitrogen functional groups attached to an aromatic ring is 2. The number of fused-ring (bicyclic) bond motifs is 2. The number of aliphatic hydroxyl groups excluding tert-OH is 2. The van der Waals surface area contributed by atoms with Gasteiger partial charge in [-0.05, 0) is 6.58 Å². The van der Waals surface area contributed by atoms with E-state index in [4.69, 9.17) is 35.9 Å². The number of phosphoric acid groups is 1. The fourth-order valence-electron chi connectivity index (χ4n) is 4.12. The van der Waals surface area contributed by atoms with Crippen molar-refractivity contribution in [2.24, 2.45) is 5.73 Å². The Bertz CT molecular complexity index is 2100. The van der Waals surface area contributed by atoms with Crippen LogP contribution in [0.15, 0.2) is 59.0 Å². The maximum atomic E-state index is 13.2. The summed E-state index contributed by atoms with van der Waals surface area (Å²) in [6.45, 7) is 1.73. The van der Waals surface area contributed by atoms with Gasteiger partial charge in [-0.15, -0.1) is 9.42 Å². The third kappa shape index (κ3) is 6.43. The second-order valence-electron chi connectivity index (χ2n) is 9.10. The molecule has 4 aromatic rings. The highest BCUT2D eigenvalue weighted by Gasteiger charge is 2.36. The summed E-state index contributed by atoms with van der Waals surface area (Å²) in [4.78, 5) is 54.2. The molecule has 0 radical (unpaired) electrons. The lowest BCUT2D eigenvalue weighted by atomic mass is 10.2. The maximum Gasteiger partial charge on any atom is 0.695 e. The van der Waals surface area contributed by atoms with E-state index in [1.54, 1.807) is 0 Å². The van der Waals surface area contributed by atoms with E-state index in [2.05, 4.69) is 41.0 Å². The Morgan fingerprint density at radius 3 is 2.63 bits per heavy atom. The van der Waals surface area contributed by atoms with Crippen molar-refractivity contribution in [3.8, 4) is 0 Å². The molecule has 11 N–H and O–H groups in total. The first-order chi connectivity index (χ1) is 21.8. The highest BCUT2D eigenvalue weighted by Crippen LogP contribution is 2.51. The minimum absolute atomic E-state index is 0.0555. The van der Waals surface area contributed by atoms with Crippen molar-refractivity contribution in [3.05, 3.63) is 64.5 Å². The molecule has 2 unspecified atom stereocenters. The van der Waals surface area contributed by atoms with Gasteiger partial charge >= 0.3 is 16.1 Å². The number of aliphatic hydroxyl groups is 2. The summed E-state index contributed by atoms with van der Waals surface area (Å²) >= 11 is 0. The van der Waals surface area contributed by atoms with Crippen molar-refractivity contribution in [2.45, 2.75) is 6.42 Å². The lowest BCUT2D eigenvalue weighted by molar-refractivity contribution is 0.157. The summed E-state index contributed by atoms with van der Waals surface area (Å²) in [7, 11) is -8.30. The number of nitrogens with zero attached hydrogens (tertiary/aromatic N) is 7. The number of nitrogens with one attached hydrogen (secondary N) is 1. The molecule has 4 heterocycles. The summed E-state index contributed by atoms with van der Waals surface area (Å²) in [5.41, 5.74) is 16.3. The van der Waals surface area contributed by atoms with Gasteiger partial charge in [-0.1, -0.05) is 0 Å². The zero-order chi connectivity index (χ0) is 33.3. The molecular formula is C22H24N11O11P2+. The van der Waals surface area contributed by atoms with Crippen molar-refractivity contribution in [1.29, 1.82) is 0 Å². The summed E-state index contributed by atoms with van der Waals surface area (Å²) < 4.78 is 47.2. The molecule has 242 valence electrons. The van der Waals surface area contributed by atoms with Crippen LogP contribution in [0.5, 0.6) is 0 Å². The van der Waals surface area contributed by atoms with Crippen LogP contribution in [0.4, 0.5) is 11.8 Å². The lowest BCUT2D eigenvalue weighted by Crippen LogP contribution is -2.13. The van der Waals surface area contributed by atoms with Gasteiger partial charge in [0.2, 0.25) is 5.95 Å². The van der Waals surface area contributed by atoms with Gasteiger partial charge in [0, 0.05) is 16.6 Å². The smallest absolute Gasteiger partial charge is 0.507 e. The van der Waals surface area contributed by atoms with E-state index in [-0.39, 0.29) is 57.7 Å². The molecule has 2 atom stereocenters. The average Bonchev–Trinajstić information content (AvgIpc) is 3.70. The van der Waals surface area contributed by atoms with Gasteiger partial charge in [-0.25, -0.2) is 24.5 Å². The van der Waals surface area contributed by atoms with Crippen molar-refractivity contribution in [3.63, 3.8) is 0 Å². The molecule has 0 fully saturated rings. The van der Waals surface area contributed by atoms with E-state index in [1.807, 2.05) is 0 Å². The number of hydrogen-bond donors (Lipinski definition) is 8. The topological polar surface area (TPSA) is 337 Å². The van der Waals surface area contributed by atoms with Crippen LogP contribution in [0.2, 0.25) is 0 Å². The first kappa shape index (κ1) is 32.2. The molecule has 0 bridgehead atoms. The van der Waals surface area contributed by atoms with E-state index >= 15 is 0 Å². The molecule has 0 spiro atoms. The third-order valence-corrected chi connectivity index (χ3v) is 7.43. The van der Waals surface area contributed by atoms with Gasteiger partial charge in [-0.3, -0.25) is 28.3 Å². The van der Waals surface area contributed by atoms with Crippen LogP contribution in [0.25, 0.3) is 33.9 Å². The van der Waals surface area contributed by atoms with E-state index < -0.39 is 64.4 Å². The van der Waals surface area contributed by atoms with Crippen LogP contribution < -0.4 is 22.8 Å². The molecule has 24 heteroatoms. The van der Waals surface area contributed by atoms with Gasteiger partial charge in [0.05, 0.1) is 12.2 Å². The van der Waals surface area contributed by atoms with Gasteiger partial charge in [-0.2, -0.15) is 4.98 Å². The van der Waals surface area contributed by atoms with Crippen LogP contribution in [-0.2, 0) is 27.4 Å². The van der Waals surface area contributed by atoms with Gasteiger partial charge in [0.15, 0.2) is 51.3 Å². The van der Waals surface area contributed by atoms with Gasteiger partial charge < -0.3 is 36.7 Å². The lowest BCUT2D eigenvalue weighted by Gasteiger charge is -2.18. The number of H-pyrrole nitrogens is 1. The Labute approximate surface area is 256 Å². The molecule has 0 saturated heterocycles. The number of nitrogens with two attached hydrogens (primary N) is 3. The summed E-state index contributed by atoms with van der Waals surface area (Å²) in [5.74, 6) is -2.87. The molecule has 0 aliphatic heterocycles. The van der Waals surface area contributed by atoms with Crippen LogP contribution in [0.3, 0.4) is 0 Å². The van der Waals surface area contributed by atoms with Crippen molar-refractivity contribution in [2.75, 3.05) is 31.2 Å². The minimum Gasteiger partial charge on any atom is -0.507 e. The van der Waals surface area contributed by atoms with Crippen LogP contribution >= 0.6 is 16.1 Å². The molecule has 0 aromatic carbocycles. The standard InChI is InChI=1S/C22H23N11O11P2/c1-9(32-7-28-14-18(24)26-6-27-19(14)32)43-13(12(34)3-23)5-42-46(39,40)44-17-11(2-10(16(17)35)4-41-45(37)38)33-8-29-15-20(33)30-22(25)31-21(15)36/h6-8H,1-5,23H2,(H8-,24,25,26,27,30,31,34,35,36,37,38,39,40)/p+1/b13-12+. The van der Waals surface area contributed by atoms with E-state index in [0.717, 1.165) is 10.9 Å². The first-order valence-corrected chi connectivity index (χ1v) is 15.2. The molecule has 1 aliphatic rings. The summed E-state index contributed by atoms with van der Waals surface area (Å²) in [6, 6.07) is 0. The number of phosphoric ester groups is 1. The summed E-state index contributed by atoms with van der Waals surface area (Å²) in [6.07, 6.45) is 3.24. The molecule has 4 aromatic heterocycles. The number of imidazole rings is 2. The van der Waals surface area contributed by atoms with Crippen LogP contribution in [0.1, 0.15) is 6.42 Å². The Hall–Kier alpha value is -5.21. The monoisotopic (exact) mass is 680 g/mol. The predicted octanol–water partition coefficient (Wildman–Crippen LogP) is 0.481. The zero-order valence-electron chi connectivity index (χ0n) is 23.2. The Morgan fingerprint density at radius 1 is 1.17 bits per heavy atom. The normalized spacial score (nSPS) is 15.8. The number of ether oxygens (including phenoxy) is 1. The number of rotatable bonds is 13. The number of aromatic nitrogens is 8. The highest BCUT2D eigenvalue weighted by atomic mass is 31.2. The van der Waals surface area contributed by atoms with Crippen LogP contribution in [0, 0.1) is 0 Å². The fraction of sp³-hybridized carbons (Fsp3) is 0.182. The first-order valence-electron chi connectivity index (χ1n) is 12.5. The predicted molar refractivity (Wildman–Crippen MR) is 158 cm³/mol. The third-order valence-electron chi connectivity index (χ3n) is 6.21. The van der Waals surface area contributed by atoms with Crippen molar-refractivity contribution in [1.82, 2.24) is 39.0 Å². The Balaban J connectivity index is 1.42. The molecule has 46 heavy (non-hydrogen) atoms. The molecular weight excluding hydrogens is 656 g/mol. The molecule has 5 rings (SSSR count). The SMILES string of the molecule is C=C(O/C(COP(=O)(O)OC1=C(n2cnc3c(=O)[nH]c(N)nc32)CC(CO[P+](=O)O)=C1O)=C(/O)CN)n1cnc2c(N)ncnc21. The van der Waals surface area contributed by atoms with Crippen LogP contribution in [-0.4, -0.2) is 78.8 Å². The highest BCUT2D eigenvalue weighted by molar-refractivity contribution is 7.47. The number of anilines is 2. The number of allylic oxidation sites excluding steroid dienone is 1. The zero-order valence-corrected chi connectivity index (χ0v) is 25.0.